The Labute approximate surface area is 323 Å². The number of phenols is 1. The number of aryl methyl sites for hydroxylation is 2. The number of carbonyl (C=O) groups is 4. The maximum Gasteiger partial charge on any atom is 0.255 e. The molecule has 4 aromatic carbocycles. The van der Waals surface area contributed by atoms with Crippen LogP contribution in [-0.4, -0.2) is 70.7 Å². The van der Waals surface area contributed by atoms with Crippen LogP contribution in [0.3, 0.4) is 0 Å². The maximum atomic E-state index is 13.2. The van der Waals surface area contributed by atoms with Gasteiger partial charge in [0, 0.05) is 47.5 Å². The van der Waals surface area contributed by atoms with Gasteiger partial charge in [-0.2, -0.15) is 0 Å². The largest absolute Gasteiger partial charge is 0.508 e. The number of amides is 3. The summed E-state index contributed by atoms with van der Waals surface area (Å²) in [6.45, 7) is 5.40. The van der Waals surface area contributed by atoms with E-state index in [1.807, 2.05) is 42.5 Å². The van der Waals surface area contributed by atoms with Crippen molar-refractivity contribution in [1.29, 1.82) is 0 Å². The number of nitrogens with one attached hydrogen (secondary N) is 1. The van der Waals surface area contributed by atoms with E-state index in [2.05, 4.69) is 41.4 Å². The fraction of sp³-hybridized carbons (Fsp3) is 0.318. The molecule has 8 rings (SSSR count). The summed E-state index contributed by atoms with van der Waals surface area (Å²) >= 11 is 1.59. The van der Waals surface area contributed by atoms with E-state index < -0.39 is 11.9 Å². The van der Waals surface area contributed by atoms with Gasteiger partial charge < -0.3 is 19.5 Å². The highest BCUT2D eigenvalue weighted by Gasteiger charge is 2.39. The van der Waals surface area contributed by atoms with Gasteiger partial charge in [-0.3, -0.25) is 29.4 Å². The average molecular weight is 758 g/mol. The zero-order valence-electron chi connectivity index (χ0n) is 30.7. The fourth-order valence-corrected chi connectivity index (χ4v) is 8.97. The number of ketones is 1. The number of benzene rings is 4. The first-order valence-electron chi connectivity index (χ1n) is 18.9. The molecule has 55 heavy (non-hydrogen) atoms. The number of fused-ring (bicyclic) bond motifs is 2. The number of phenolic OH excluding ortho intramolecular Hbond substituents is 1. The molecule has 3 aliphatic heterocycles. The third-order valence-electron chi connectivity index (χ3n) is 11.0. The molecule has 1 unspecified atom stereocenters. The van der Waals surface area contributed by atoms with Crippen LogP contribution in [0.5, 0.6) is 23.0 Å². The number of ether oxygens (including phenoxy) is 2. The molecule has 0 spiro atoms. The molecule has 1 atom stereocenters. The predicted octanol–water partition coefficient (Wildman–Crippen LogP) is 7.43. The minimum atomic E-state index is -0.636. The van der Waals surface area contributed by atoms with Gasteiger partial charge in [-0.1, -0.05) is 42.0 Å². The SMILES string of the molecule is Cc1ccc(-c2sc3cc(O)ccc3c2Oc2ccc(OCCN3CCC(C(=O)CCc4ccc5c(c4)CN(C4CCC(=O)NC4=O)C5=O)CC3)cc2)cc1. The summed E-state index contributed by atoms with van der Waals surface area (Å²) in [6.07, 6.45) is 3.27. The first-order chi connectivity index (χ1) is 26.7. The third-order valence-corrected chi connectivity index (χ3v) is 12.1. The summed E-state index contributed by atoms with van der Waals surface area (Å²) in [5.41, 5.74) is 4.70. The first-order valence-corrected chi connectivity index (χ1v) is 19.7. The number of Topliss-reactive ketones (excluding diaryl/α,β-unsaturated/α-hetero) is 1. The Bertz CT molecular complexity index is 2260. The van der Waals surface area contributed by atoms with Crippen LogP contribution in [0.25, 0.3) is 20.5 Å². The van der Waals surface area contributed by atoms with Crippen LogP contribution in [0.15, 0.2) is 84.9 Å². The number of hydrogen-bond acceptors (Lipinski definition) is 9. The van der Waals surface area contributed by atoms with E-state index in [9.17, 15) is 24.3 Å². The average Bonchev–Trinajstić information content (AvgIpc) is 3.70. The number of aromatic hydroxyl groups is 1. The Morgan fingerprint density at radius 2 is 1.67 bits per heavy atom. The lowest BCUT2D eigenvalue weighted by Crippen LogP contribution is -2.52. The van der Waals surface area contributed by atoms with Crippen molar-refractivity contribution in [2.45, 2.75) is 58.0 Å². The van der Waals surface area contributed by atoms with Crippen LogP contribution in [-0.2, 0) is 27.3 Å². The number of piperidine rings is 2. The Balaban J connectivity index is 0.784. The molecule has 5 aromatic rings. The van der Waals surface area contributed by atoms with E-state index in [4.69, 9.17) is 9.47 Å². The number of thiophene rings is 1. The van der Waals surface area contributed by atoms with Crippen molar-refractivity contribution in [1.82, 2.24) is 15.1 Å². The molecule has 0 radical (unpaired) electrons. The number of nitrogens with zero attached hydrogens (tertiary/aromatic N) is 2. The van der Waals surface area contributed by atoms with E-state index in [0.717, 1.165) is 75.6 Å². The normalized spacial score (nSPS) is 17.7. The summed E-state index contributed by atoms with van der Waals surface area (Å²) in [5, 5.41) is 13.4. The molecule has 2 fully saturated rings. The van der Waals surface area contributed by atoms with Gasteiger partial charge in [-0.15, -0.1) is 11.3 Å². The van der Waals surface area contributed by atoms with Crippen molar-refractivity contribution in [3.8, 4) is 33.4 Å². The molecule has 0 aliphatic carbocycles. The molecule has 4 heterocycles. The van der Waals surface area contributed by atoms with E-state index in [0.29, 0.717) is 43.7 Å². The smallest absolute Gasteiger partial charge is 0.255 e. The molecule has 0 saturated carbocycles. The number of carbonyl (C=O) groups excluding carboxylic acids is 4. The second-order valence-corrected chi connectivity index (χ2v) is 15.8. The lowest BCUT2D eigenvalue weighted by atomic mass is 9.89. The molecule has 0 bridgehead atoms. The standard InChI is InChI=1S/C44H43N3O7S/c1-27-2-6-30(7-3-27)42-41(36-14-8-32(48)25-39(36)55-42)54-34-11-9-33(10-12-34)53-23-22-46-20-18-29(19-21-46)38(49)16-5-28-4-13-35-31(24-28)26-47(44(35)52)37-15-17-40(50)45-43(37)51/h2-4,6-14,24-25,29,37,48H,5,15-23,26H2,1H3,(H,45,50,51). The van der Waals surface area contributed by atoms with Gasteiger partial charge in [0.1, 0.15) is 35.7 Å². The lowest BCUT2D eigenvalue weighted by molar-refractivity contribution is -0.137. The van der Waals surface area contributed by atoms with Gasteiger partial charge in [0.05, 0.1) is 4.88 Å². The minimum Gasteiger partial charge on any atom is -0.508 e. The minimum absolute atomic E-state index is 0.0429. The number of imide groups is 1. The van der Waals surface area contributed by atoms with Gasteiger partial charge in [-0.05, 0) is 111 Å². The van der Waals surface area contributed by atoms with Gasteiger partial charge in [0.2, 0.25) is 11.8 Å². The molecular formula is C44H43N3O7S. The van der Waals surface area contributed by atoms with Crippen molar-refractivity contribution in [2.75, 3.05) is 26.2 Å². The molecule has 2 N–H and O–H groups in total. The van der Waals surface area contributed by atoms with E-state index in [1.54, 1.807) is 34.4 Å². The summed E-state index contributed by atoms with van der Waals surface area (Å²) in [5.74, 6) is 1.86. The highest BCUT2D eigenvalue weighted by molar-refractivity contribution is 7.22. The second-order valence-electron chi connectivity index (χ2n) is 14.7. The van der Waals surface area contributed by atoms with Crippen molar-refractivity contribution in [2.24, 2.45) is 5.92 Å². The quantitative estimate of drug-likeness (QED) is 0.126. The van der Waals surface area contributed by atoms with Crippen LogP contribution in [0.2, 0.25) is 0 Å². The summed E-state index contributed by atoms with van der Waals surface area (Å²) in [7, 11) is 0. The molecule has 3 amide bonds. The van der Waals surface area contributed by atoms with Gasteiger partial charge >= 0.3 is 0 Å². The summed E-state index contributed by atoms with van der Waals surface area (Å²) in [6, 6.07) is 26.4. The first kappa shape index (κ1) is 36.5. The molecule has 11 heteroatoms. The highest BCUT2D eigenvalue weighted by Crippen LogP contribution is 2.47. The van der Waals surface area contributed by atoms with E-state index >= 15 is 0 Å². The van der Waals surface area contributed by atoms with Crippen LogP contribution >= 0.6 is 11.3 Å². The van der Waals surface area contributed by atoms with Crippen LogP contribution in [0, 0.1) is 12.8 Å². The van der Waals surface area contributed by atoms with Crippen LogP contribution in [0.4, 0.5) is 0 Å². The maximum absolute atomic E-state index is 13.2. The molecule has 2 saturated heterocycles. The summed E-state index contributed by atoms with van der Waals surface area (Å²) in [4.78, 5) is 55.0. The Morgan fingerprint density at radius 3 is 2.44 bits per heavy atom. The van der Waals surface area contributed by atoms with Crippen molar-refractivity contribution in [3.63, 3.8) is 0 Å². The van der Waals surface area contributed by atoms with Crippen LogP contribution in [0.1, 0.15) is 59.2 Å². The Hall–Kier alpha value is -5.52. The van der Waals surface area contributed by atoms with Gasteiger partial charge in [0.25, 0.3) is 5.91 Å². The fourth-order valence-electron chi connectivity index (χ4n) is 7.81. The summed E-state index contributed by atoms with van der Waals surface area (Å²) < 4.78 is 13.5. The van der Waals surface area contributed by atoms with Gasteiger partial charge in [-0.25, -0.2) is 0 Å². The lowest BCUT2D eigenvalue weighted by Gasteiger charge is -2.31. The number of hydrogen-bond donors (Lipinski definition) is 2. The van der Waals surface area contributed by atoms with Crippen LogP contribution < -0.4 is 14.8 Å². The van der Waals surface area contributed by atoms with Gasteiger partial charge in [0.15, 0.2) is 5.75 Å². The van der Waals surface area contributed by atoms with Crippen molar-refractivity contribution < 1.29 is 33.8 Å². The predicted molar refractivity (Wildman–Crippen MR) is 211 cm³/mol. The topological polar surface area (TPSA) is 125 Å². The highest BCUT2D eigenvalue weighted by atomic mass is 32.1. The molecular weight excluding hydrogens is 715 g/mol. The second kappa shape index (κ2) is 15.7. The molecule has 10 nitrogen and oxygen atoms in total. The number of rotatable bonds is 12. The number of likely N-dealkylation sites (tertiary alicyclic amines) is 1. The monoisotopic (exact) mass is 757 g/mol. The molecule has 282 valence electrons. The third kappa shape index (κ3) is 7.99. The Morgan fingerprint density at radius 1 is 0.909 bits per heavy atom. The Kier molecular flexibility index (Phi) is 10.4. The van der Waals surface area contributed by atoms with Crippen molar-refractivity contribution >= 4 is 44.9 Å². The molecule has 1 aromatic heterocycles. The zero-order valence-corrected chi connectivity index (χ0v) is 31.5. The zero-order chi connectivity index (χ0) is 38.1. The van der Waals surface area contributed by atoms with E-state index in [-0.39, 0.29) is 35.7 Å². The van der Waals surface area contributed by atoms with E-state index in [1.165, 1.54) is 5.56 Å². The molecule has 3 aliphatic rings. The van der Waals surface area contributed by atoms with Crippen molar-refractivity contribution in [3.05, 3.63) is 107 Å².